The van der Waals surface area contributed by atoms with Crippen LogP contribution < -0.4 is 25.4 Å². The standard InChI is InChI=1S/C32H41ClN6O13S2/c1-19(51-26(40)17-50-31(43)22-12-25(54(34,44)45)23(33)13-24(22)35-14-20-6-5-9-47-20)30(42)49-18-27(41)52-21(15-36-32(2,3)4)16-48-29-28(37-53-38-29)39-7-10-46-11-8-39/h5-6,9,12-13,19,21,35-36H,7-8,10-11,14-18H2,1-4H3,(H2,34,44,45)/t19?,21-/m0/s1. The zero-order valence-corrected chi connectivity index (χ0v) is 32.2. The van der Waals surface area contributed by atoms with Crippen molar-refractivity contribution in [3.05, 3.63) is 46.9 Å². The van der Waals surface area contributed by atoms with Crippen LogP contribution in [-0.4, -0.2) is 111 Å². The van der Waals surface area contributed by atoms with Gasteiger partial charge in [-0.2, -0.15) is 4.37 Å². The summed E-state index contributed by atoms with van der Waals surface area (Å²) >= 11 is 7.08. The average Bonchev–Trinajstić information content (AvgIpc) is 3.82. The molecule has 22 heteroatoms. The summed E-state index contributed by atoms with van der Waals surface area (Å²) in [4.78, 5) is 52.1. The molecule has 0 bridgehead atoms. The summed E-state index contributed by atoms with van der Waals surface area (Å²) in [6, 6.07) is 5.34. The van der Waals surface area contributed by atoms with Crippen molar-refractivity contribution < 1.29 is 60.4 Å². The first kappa shape index (κ1) is 42.2. The number of sulfonamides is 1. The molecular formula is C32H41ClN6O13S2. The Labute approximate surface area is 320 Å². The van der Waals surface area contributed by atoms with Crippen LogP contribution in [0.1, 0.15) is 43.8 Å². The third-order valence-electron chi connectivity index (χ3n) is 7.24. The number of hydrogen-bond donors (Lipinski definition) is 3. The van der Waals surface area contributed by atoms with Gasteiger partial charge in [-0.15, -0.1) is 4.37 Å². The zero-order valence-electron chi connectivity index (χ0n) is 29.8. The van der Waals surface area contributed by atoms with Crippen LogP contribution in [0.15, 0.2) is 39.8 Å². The number of rotatable bonds is 18. The first-order valence-corrected chi connectivity index (χ1v) is 19.0. The normalized spacial score (nSPS) is 14.4. The molecule has 4 N–H and O–H groups in total. The first-order chi connectivity index (χ1) is 25.5. The summed E-state index contributed by atoms with van der Waals surface area (Å²) in [6.45, 7) is 7.70. The zero-order chi connectivity index (χ0) is 39.5. The van der Waals surface area contributed by atoms with Crippen LogP contribution >= 0.6 is 23.3 Å². The van der Waals surface area contributed by atoms with E-state index >= 15 is 0 Å². The summed E-state index contributed by atoms with van der Waals surface area (Å²) in [7, 11) is -4.35. The summed E-state index contributed by atoms with van der Waals surface area (Å²) in [6.07, 6.45) is -0.903. The summed E-state index contributed by atoms with van der Waals surface area (Å²) in [5.74, 6) is -2.95. The molecule has 3 aromatic rings. The molecule has 1 aliphatic heterocycles. The number of carbonyl (C=O) groups is 4. The minimum atomic E-state index is -4.35. The number of anilines is 2. The van der Waals surface area contributed by atoms with E-state index in [1.54, 1.807) is 12.1 Å². The summed E-state index contributed by atoms with van der Waals surface area (Å²) in [5.41, 5.74) is -0.600. The maximum absolute atomic E-state index is 13.0. The lowest BCUT2D eigenvalue weighted by Gasteiger charge is -2.27. The minimum Gasteiger partial charge on any atom is -0.470 e. The number of nitrogens with two attached hydrogens (primary N) is 1. The van der Waals surface area contributed by atoms with E-state index in [0.717, 1.165) is 23.9 Å². The maximum atomic E-state index is 13.0. The Morgan fingerprint density at radius 1 is 1.07 bits per heavy atom. The van der Waals surface area contributed by atoms with Crippen molar-refractivity contribution in [2.24, 2.45) is 5.14 Å². The maximum Gasteiger partial charge on any atom is 0.347 e. The number of nitrogens with one attached hydrogen (secondary N) is 2. The largest absolute Gasteiger partial charge is 0.470 e. The Morgan fingerprint density at radius 2 is 1.78 bits per heavy atom. The fourth-order valence-electron chi connectivity index (χ4n) is 4.59. The van der Waals surface area contributed by atoms with Crippen molar-refractivity contribution in [2.45, 2.75) is 56.9 Å². The number of nitrogens with zero attached hydrogens (tertiary/aromatic N) is 3. The van der Waals surface area contributed by atoms with Crippen molar-refractivity contribution in [1.82, 2.24) is 14.1 Å². The topological polar surface area (TPSA) is 250 Å². The Kier molecular flexibility index (Phi) is 15.0. The SMILES string of the molecule is CC(OC(=O)COC(=O)c1cc(S(N)(=O)=O)c(Cl)cc1NCc1ccco1)C(=O)OCC(=O)O[C@@H](CNC(C)(C)C)COc1nsnc1N1CCOCC1. The van der Waals surface area contributed by atoms with Gasteiger partial charge in [0, 0.05) is 25.2 Å². The van der Waals surface area contributed by atoms with Crippen LogP contribution in [-0.2, 0) is 54.6 Å². The van der Waals surface area contributed by atoms with Gasteiger partial charge in [0.25, 0.3) is 5.88 Å². The predicted molar refractivity (Wildman–Crippen MR) is 192 cm³/mol. The molecule has 296 valence electrons. The molecule has 0 aliphatic carbocycles. The quantitative estimate of drug-likeness (QED) is 0.122. The smallest absolute Gasteiger partial charge is 0.347 e. The minimum absolute atomic E-state index is 0.0480. The number of aromatic nitrogens is 2. The summed E-state index contributed by atoms with van der Waals surface area (Å²) in [5, 5.41) is 11.1. The number of morpholine rings is 1. The van der Waals surface area contributed by atoms with Crippen LogP contribution in [0.2, 0.25) is 5.02 Å². The molecule has 19 nitrogen and oxygen atoms in total. The molecule has 0 amide bonds. The Bertz CT molecular complexity index is 1860. The predicted octanol–water partition coefficient (Wildman–Crippen LogP) is 1.89. The second-order valence-electron chi connectivity index (χ2n) is 12.7. The molecule has 3 heterocycles. The molecule has 4 rings (SSSR count). The van der Waals surface area contributed by atoms with E-state index < -0.39 is 64.2 Å². The summed E-state index contributed by atoms with van der Waals surface area (Å²) < 4.78 is 69.6. The van der Waals surface area contributed by atoms with Gasteiger partial charge in [-0.1, -0.05) is 11.6 Å². The lowest BCUT2D eigenvalue weighted by atomic mass is 10.1. The van der Waals surface area contributed by atoms with Crippen LogP contribution in [0.25, 0.3) is 0 Å². The van der Waals surface area contributed by atoms with Gasteiger partial charge < -0.3 is 48.4 Å². The van der Waals surface area contributed by atoms with Crippen molar-refractivity contribution >= 4 is 68.7 Å². The van der Waals surface area contributed by atoms with Gasteiger partial charge in [0.05, 0.1) is 54.0 Å². The molecule has 0 saturated carbocycles. The number of esters is 4. The van der Waals surface area contributed by atoms with E-state index in [4.69, 9.17) is 49.6 Å². The third-order valence-corrected chi connectivity index (χ3v) is 9.12. The highest BCUT2D eigenvalue weighted by Crippen LogP contribution is 2.30. The van der Waals surface area contributed by atoms with Gasteiger partial charge in [0.15, 0.2) is 19.3 Å². The molecule has 1 fully saturated rings. The van der Waals surface area contributed by atoms with Gasteiger partial charge in [-0.3, -0.25) is 0 Å². The molecular weight excluding hydrogens is 776 g/mol. The van der Waals surface area contributed by atoms with E-state index in [-0.39, 0.29) is 47.4 Å². The van der Waals surface area contributed by atoms with E-state index in [9.17, 15) is 27.6 Å². The van der Waals surface area contributed by atoms with E-state index in [2.05, 4.69) is 19.4 Å². The first-order valence-electron chi connectivity index (χ1n) is 16.4. The highest BCUT2D eigenvalue weighted by atomic mass is 35.5. The van der Waals surface area contributed by atoms with Crippen LogP contribution in [0.3, 0.4) is 0 Å². The monoisotopic (exact) mass is 816 g/mol. The second-order valence-corrected chi connectivity index (χ2v) is 15.1. The number of primary sulfonamides is 1. The molecule has 0 radical (unpaired) electrons. The van der Waals surface area contributed by atoms with Crippen LogP contribution in [0, 0.1) is 0 Å². The molecule has 1 unspecified atom stereocenters. The Hall–Kier alpha value is -4.54. The van der Waals surface area contributed by atoms with Crippen molar-refractivity contribution in [3.8, 4) is 5.88 Å². The van der Waals surface area contributed by atoms with Crippen molar-refractivity contribution in [2.75, 3.05) is 62.9 Å². The number of carbonyl (C=O) groups excluding carboxylic acids is 4. The van der Waals surface area contributed by atoms with Gasteiger partial charge >= 0.3 is 23.9 Å². The Balaban J connectivity index is 1.27. The molecule has 54 heavy (non-hydrogen) atoms. The average molecular weight is 817 g/mol. The molecule has 2 aromatic heterocycles. The highest BCUT2D eigenvalue weighted by Gasteiger charge is 2.27. The number of furan rings is 1. The fourth-order valence-corrected chi connectivity index (χ4v) is 6.21. The lowest BCUT2D eigenvalue weighted by molar-refractivity contribution is -0.173. The van der Waals surface area contributed by atoms with Gasteiger partial charge in [-0.25, -0.2) is 32.7 Å². The van der Waals surface area contributed by atoms with E-state index in [1.165, 1.54) is 13.2 Å². The van der Waals surface area contributed by atoms with Crippen molar-refractivity contribution in [3.63, 3.8) is 0 Å². The van der Waals surface area contributed by atoms with Gasteiger partial charge in [-0.05, 0) is 52.0 Å². The third kappa shape index (κ3) is 13.1. The van der Waals surface area contributed by atoms with Gasteiger partial charge in [0.2, 0.25) is 15.8 Å². The molecule has 1 aromatic carbocycles. The Morgan fingerprint density at radius 3 is 2.44 bits per heavy atom. The number of halogens is 1. The van der Waals surface area contributed by atoms with E-state index in [1.807, 2.05) is 25.7 Å². The van der Waals surface area contributed by atoms with Crippen LogP contribution in [0.5, 0.6) is 5.88 Å². The molecule has 2 atom stereocenters. The molecule has 0 spiro atoms. The lowest BCUT2D eigenvalue weighted by Crippen LogP contribution is -2.44. The fraction of sp³-hybridized carbons (Fsp3) is 0.500. The highest BCUT2D eigenvalue weighted by molar-refractivity contribution is 7.89. The van der Waals surface area contributed by atoms with Gasteiger partial charge in [0.1, 0.15) is 23.4 Å². The van der Waals surface area contributed by atoms with Crippen molar-refractivity contribution in [1.29, 1.82) is 0 Å². The number of hydrogen-bond acceptors (Lipinski definition) is 19. The second kappa shape index (κ2) is 19.2. The molecule has 1 aliphatic rings. The van der Waals surface area contributed by atoms with Crippen LogP contribution in [0.4, 0.5) is 11.5 Å². The van der Waals surface area contributed by atoms with E-state index in [0.29, 0.717) is 37.9 Å². The molecule has 1 saturated heterocycles. The number of benzene rings is 1. The number of ether oxygens (including phenoxy) is 6.